The van der Waals surface area contributed by atoms with Gasteiger partial charge in [-0.3, -0.25) is 4.79 Å². The number of carbonyl (C=O) groups is 1. The minimum absolute atomic E-state index is 0.0251. The van der Waals surface area contributed by atoms with E-state index in [1.807, 2.05) is 62.4 Å². The van der Waals surface area contributed by atoms with Gasteiger partial charge in [0.25, 0.3) is 5.91 Å². The predicted octanol–water partition coefficient (Wildman–Crippen LogP) is 5.00. The number of carbonyl (C=O) groups excluding carboxylic acids is 1. The molecule has 1 N–H and O–H groups in total. The lowest BCUT2D eigenvalue weighted by molar-refractivity contribution is -0.118. The number of para-hydroxylation sites is 1. The smallest absolute Gasteiger partial charge is 0.262 e. The SMILES string of the molecule is CC[C@@H](C)c1ccccc1OCC(=O)Nc1cccc(OC(C)C)c1. The van der Waals surface area contributed by atoms with Crippen LogP contribution in [0.3, 0.4) is 0 Å². The maximum atomic E-state index is 12.2. The lowest BCUT2D eigenvalue weighted by atomic mass is 9.98. The zero-order valence-electron chi connectivity index (χ0n) is 15.4. The highest BCUT2D eigenvalue weighted by molar-refractivity contribution is 5.92. The van der Waals surface area contributed by atoms with Gasteiger partial charge in [-0.05, 0) is 49.9 Å². The molecule has 0 spiro atoms. The van der Waals surface area contributed by atoms with Crippen molar-refractivity contribution in [3.8, 4) is 11.5 Å². The van der Waals surface area contributed by atoms with Crippen molar-refractivity contribution in [1.82, 2.24) is 0 Å². The Balaban J connectivity index is 1.96. The van der Waals surface area contributed by atoms with Crippen LogP contribution in [0, 0.1) is 0 Å². The highest BCUT2D eigenvalue weighted by Gasteiger charge is 2.11. The fourth-order valence-electron chi connectivity index (χ4n) is 2.50. The van der Waals surface area contributed by atoms with Crippen molar-refractivity contribution in [2.45, 2.75) is 46.1 Å². The number of benzene rings is 2. The van der Waals surface area contributed by atoms with Crippen LogP contribution in [0.25, 0.3) is 0 Å². The number of hydrogen-bond acceptors (Lipinski definition) is 3. The Morgan fingerprint density at radius 1 is 1.08 bits per heavy atom. The van der Waals surface area contributed by atoms with E-state index in [9.17, 15) is 4.79 Å². The standard InChI is InChI=1S/C21H27NO3/c1-5-16(4)19-11-6-7-12-20(19)24-14-21(23)22-17-9-8-10-18(13-17)25-15(2)3/h6-13,15-16H,5,14H2,1-4H3,(H,22,23)/t16-/m1/s1. The van der Waals surface area contributed by atoms with Gasteiger partial charge in [0, 0.05) is 11.8 Å². The molecule has 2 aromatic carbocycles. The molecule has 0 saturated carbocycles. The molecule has 0 aliphatic heterocycles. The Hall–Kier alpha value is -2.49. The molecule has 0 radical (unpaired) electrons. The Labute approximate surface area is 150 Å². The summed E-state index contributed by atoms with van der Waals surface area (Å²) in [6, 6.07) is 15.2. The van der Waals surface area contributed by atoms with Crippen LogP contribution in [-0.4, -0.2) is 18.6 Å². The van der Waals surface area contributed by atoms with Gasteiger partial charge >= 0.3 is 0 Å². The molecule has 0 heterocycles. The van der Waals surface area contributed by atoms with Crippen molar-refractivity contribution in [3.63, 3.8) is 0 Å². The van der Waals surface area contributed by atoms with Gasteiger partial charge < -0.3 is 14.8 Å². The van der Waals surface area contributed by atoms with Crippen molar-refractivity contribution in [3.05, 3.63) is 54.1 Å². The molecular formula is C21H27NO3. The molecule has 25 heavy (non-hydrogen) atoms. The molecule has 0 unspecified atom stereocenters. The van der Waals surface area contributed by atoms with E-state index in [0.717, 1.165) is 23.5 Å². The van der Waals surface area contributed by atoms with E-state index in [1.54, 1.807) is 0 Å². The van der Waals surface area contributed by atoms with E-state index >= 15 is 0 Å². The maximum absolute atomic E-state index is 12.2. The van der Waals surface area contributed by atoms with Crippen LogP contribution < -0.4 is 14.8 Å². The summed E-state index contributed by atoms with van der Waals surface area (Å²) in [5, 5.41) is 2.84. The zero-order valence-corrected chi connectivity index (χ0v) is 15.4. The van der Waals surface area contributed by atoms with Crippen molar-refractivity contribution in [2.75, 3.05) is 11.9 Å². The Kier molecular flexibility index (Phi) is 6.87. The van der Waals surface area contributed by atoms with Crippen LogP contribution in [0.4, 0.5) is 5.69 Å². The second-order valence-electron chi connectivity index (χ2n) is 6.38. The number of hydrogen-bond donors (Lipinski definition) is 1. The largest absolute Gasteiger partial charge is 0.491 e. The van der Waals surface area contributed by atoms with Crippen molar-refractivity contribution in [2.24, 2.45) is 0 Å². The van der Waals surface area contributed by atoms with E-state index < -0.39 is 0 Å². The minimum Gasteiger partial charge on any atom is -0.491 e. The summed E-state index contributed by atoms with van der Waals surface area (Å²) in [4.78, 5) is 12.2. The third-order valence-electron chi connectivity index (χ3n) is 3.91. The molecule has 0 aliphatic carbocycles. The third-order valence-corrected chi connectivity index (χ3v) is 3.91. The summed E-state index contributed by atoms with van der Waals surface area (Å²) in [5.41, 5.74) is 1.83. The zero-order chi connectivity index (χ0) is 18.2. The molecule has 0 aromatic heterocycles. The molecular weight excluding hydrogens is 314 g/mol. The van der Waals surface area contributed by atoms with E-state index in [0.29, 0.717) is 11.6 Å². The van der Waals surface area contributed by atoms with Crippen LogP contribution in [0.1, 0.15) is 45.6 Å². The predicted molar refractivity (Wildman–Crippen MR) is 101 cm³/mol. The van der Waals surface area contributed by atoms with Crippen LogP contribution in [-0.2, 0) is 4.79 Å². The van der Waals surface area contributed by atoms with Gasteiger partial charge in [-0.2, -0.15) is 0 Å². The average molecular weight is 341 g/mol. The molecule has 1 atom stereocenters. The average Bonchev–Trinajstić information content (AvgIpc) is 2.59. The van der Waals surface area contributed by atoms with Gasteiger partial charge in [0.2, 0.25) is 0 Å². The third kappa shape index (κ3) is 5.82. The minimum atomic E-state index is -0.194. The molecule has 0 fully saturated rings. The topological polar surface area (TPSA) is 47.6 Å². The first kappa shape index (κ1) is 18.8. The lowest BCUT2D eigenvalue weighted by Crippen LogP contribution is -2.20. The van der Waals surface area contributed by atoms with Crippen molar-refractivity contribution in [1.29, 1.82) is 0 Å². The summed E-state index contributed by atoms with van der Waals surface area (Å²) in [6.07, 6.45) is 1.11. The highest BCUT2D eigenvalue weighted by atomic mass is 16.5. The molecule has 0 aliphatic rings. The van der Waals surface area contributed by atoms with E-state index in [4.69, 9.17) is 9.47 Å². The van der Waals surface area contributed by atoms with Crippen LogP contribution >= 0.6 is 0 Å². The second-order valence-corrected chi connectivity index (χ2v) is 6.38. The van der Waals surface area contributed by atoms with Gasteiger partial charge in [-0.1, -0.05) is 38.1 Å². The fourth-order valence-corrected chi connectivity index (χ4v) is 2.50. The van der Waals surface area contributed by atoms with Gasteiger partial charge in [-0.15, -0.1) is 0 Å². The number of nitrogens with one attached hydrogen (secondary N) is 1. The number of anilines is 1. The molecule has 2 aromatic rings. The quantitative estimate of drug-likeness (QED) is 0.734. The molecule has 0 saturated heterocycles. The van der Waals surface area contributed by atoms with E-state index in [2.05, 4.69) is 19.2 Å². The van der Waals surface area contributed by atoms with Crippen LogP contribution in [0.15, 0.2) is 48.5 Å². The molecule has 1 amide bonds. The number of ether oxygens (including phenoxy) is 2. The summed E-state index contributed by atoms with van der Waals surface area (Å²) < 4.78 is 11.4. The summed E-state index contributed by atoms with van der Waals surface area (Å²) in [5.74, 6) is 1.70. The first-order valence-electron chi connectivity index (χ1n) is 8.78. The normalized spacial score (nSPS) is 11.9. The van der Waals surface area contributed by atoms with Gasteiger partial charge in [0.05, 0.1) is 6.10 Å². The summed E-state index contributed by atoms with van der Waals surface area (Å²) in [7, 11) is 0. The molecule has 2 rings (SSSR count). The van der Waals surface area contributed by atoms with Gasteiger partial charge in [0.15, 0.2) is 6.61 Å². The molecule has 4 heteroatoms. The van der Waals surface area contributed by atoms with Crippen molar-refractivity contribution >= 4 is 11.6 Å². The molecule has 134 valence electrons. The highest BCUT2D eigenvalue weighted by Crippen LogP contribution is 2.28. The van der Waals surface area contributed by atoms with Crippen LogP contribution in [0.5, 0.6) is 11.5 Å². The Morgan fingerprint density at radius 2 is 1.84 bits per heavy atom. The van der Waals surface area contributed by atoms with Gasteiger partial charge in [0.1, 0.15) is 11.5 Å². The Bertz CT molecular complexity index is 697. The Morgan fingerprint density at radius 3 is 2.56 bits per heavy atom. The lowest BCUT2D eigenvalue weighted by Gasteiger charge is -2.15. The first-order chi connectivity index (χ1) is 12.0. The maximum Gasteiger partial charge on any atom is 0.262 e. The summed E-state index contributed by atoms with van der Waals surface area (Å²) >= 11 is 0. The second kappa shape index (κ2) is 9.11. The van der Waals surface area contributed by atoms with E-state index in [1.165, 1.54) is 0 Å². The fraction of sp³-hybridized carbons (Fsp3) is 0.381. The first-order valence-corrected chi connectivity index (χ1v) is 8.78. The summed E-state index contributed by atoms with van der Waals surface area (Å²) in [6.45, 7) is 8.20. The monoisotopic (exact) mass is 341 g/mol. The van der Waals surface area contributed by atoms with Crippen LogP contribution in [0.2, 0.25) is 0 Å². The van der Waals surface area contributed by atoms with E-state index in [-0.39, 0.29) is 18.6 Å². The molecule has 4 nitrogen and oxygen atoms in total. The van der Waals surface area contributed by atoms with Gasteiger partial charge in [-0.25, -0.2) is 0 Å². The molecule has 0 bridgehead atoms. The van der Waals surface area contributed by atoms with Crippen molar-refractivity contribution < 1.29 is 14.3 Å². The number of amides is 1. The number of rotatable bonds is 8.